The largest absolute Gasteiger partial charge is 0.480 e. The van der Waals surface area contributed by atoms with Crippen LogP contribution in [-0.4, -0.2) is 39.5 Å². The van der Waals surface area contributed by atoms with Gasteiger partial charge in [-0.1, -0.05) is 25.1 Å². The Morgan fingerprint density at radius 2 is 2.00 bits per heavy atom. The van der Waals surface area contributed by atoms with Gasteiger partial charge in [-0.3, -0.25) is 4.79 Å². The lowest BCUT2D eigenvalue weighted by Crippen LogP contribution is -2.41. The molecule has 1 atom stereocenters. The second-order valence-corrected chi connectivity index (χ2v) is 5.17. The fraction of sp³-hybridized carbons (Fsp3) is 0.375. The molecular weight excluding hydrogens is 268 g/mol. The number of hydrogen-bond acceptors (Lipinski definition) is 2. The SMILES string of the molecule is CCCn1c(C(=O)N(C)[C@H](C)C(=O)O)cc2ccccc21. The second-order valence-electron chi connectivity index (χ2n) is 5.17. The van der Waals surface area contributed by atoms with E-state index in [0.717, 1.165) is 23.9 Å². The normalized spacial score (nSPS) is 12.3. The zero-order valence-corrected chi connectivity index (χ0v) is 12.5. The Kier molecular flexibility index (Phi) is 4.31. The van der Waals surface area contributed by atoms with Crippen molar-refractivity contribution in [3.63, 3.8) is 0 Å². The van der Waals surface area contributed by atoms with E-state index < -0.39 is 12.0 Å². The molecule has 5 nitrogen and oxygen atoms in total. The van der Waals surface area contributed by atoms with Crippen molar-refractivity contribution in [2.24, 2.45) is 0 Å². The van der Waals surface area contributed by atoms with Crippen molar-refractivity contribution in [1.82, 2.24) is 9.47 Å². The number of benzene rings is 1. The van der Waals surface area contributed by atoms with Gasteiger partial charge in [-0.25, -0.2) is 4.79 Å². The molecule has 0 spiro atoms. The Morgan fingerprint density at radius 3 is 2.62 bits per heavy atom. The third kappa shape index (κ3) is 2.77. The molecule has 0 aliphatic heterocycles. The number of likely N-dealkylation sites (N-methyl/N-ethyl adjacent to an activating group) is 1. The van der Waals surface area contributed by atoms with Crippen molar-refractivity contribution in [1.29, 1.82) is 0 Å². The highest BCUT2D eigenvalue weighted by molar-refractivity contribution is 6.00. The van der Waals surface area contributed by atoms with E-state index in [1.807, 2.05) is 41.8 Å². The summed E-state index contributed by atoms with van der Waals surface area (Å²) >= 11 is 0. The molecule has 0 saturated carbocycles. The zero-order chi connectivity index (χ0) is 15.6. The third-order valence-electron chi connectivity index (χ3n) is 3.74. The smallest absolute Gasteiger partial charge is 0.326 e. The fourth-order valence-corrected chi connectivity index (χ4v) is 2.37. The van der Waals surface area contributed by atoms with Crippen molar-refractivity contribution >= 4 is 22.8 Å². The lowest BCUT2D eigenvalue weighted by atomic mass is 10.2. The highest BCUT2D eigenvalue weighted by Gasteiger charge is 2.25. The Balaban J connectivity index is 2.47. The molecule has 0 fully saturated rings. The molecule has 21 heavy (non-hydrogen) atoms. The van der Waals surface area contributed by atoms with E-state index in [9.17, 15) is 9.59 Å². The van der Waals surface area contributed by atoms with Gasteiger partial charge in [0.1, 0.15) is 11.7 Å². The van der Waals surface area contributed by atoms with E-state index in [0.29, 0.717) is 5.69 Å². The van der Waals surface area contributed by atoms with E-state index in [4.69, 9.17) is 5.11 Å². The molecule has 0 aliphatic rings. The number of para-hydroxylation sites is 1. The van der Waals surface area contributed by atoms with Gasteiger partial charge < -0.3 is 14.6 Å². The van der Waals surface area contributed by atoms with Crippen molar-refractivity contribution in [3.05, 3.63) is 36.0 Å². The van der Waals surface area contributed by atoms with E-state index in [2.05, 4.69) is 0 Å². The molecule has 0 saturated heterocycles. The standard InChI is InChI=1S/C16H20N2O3/c1-4-9-18-13-8-6-5-7-12(13)10-14(18)15(19)17(3)11(2)16(20)21/h5-8,10-11H,4,9H2,1-3H3,(H,20,21)/t11-/m1/s1. The molecule has 0 radical (unpaired) electrons. The summed E-state index contributed by atoms with van der Waals surface area (Å²) in [5, 5.41) is 10.1. The van der Waals surface area contributed by atoms with Crippen LogP contribution in [0.15, 0.2) is 30.3 Å². The van der Waals surface area contributed by atoms with Gasteiger partial charge in [-0.05, 0) is 25.5 Å². The van der Waals surface area contributed by atoms with Gasteiger partial charge in [-0.2, -0.15) is 0 Å². The molecule has 2 aromatic rings. The van der Waals surface area contributed by atoms with Crippen LogP contribution in [0.2, 0.25) is 0 Å². The first-order valence-corrected chi connectivity index (χ1v) is 7.05. The molecule has 2 rings (SSSR count). The summed E-state index contributed by atoms with van der Waals surface area (Å²) in [6.45, 7) is 4.28. The number of hydrogen-bond donors (Lipinski definition) is 1. The van der Waals surface area contributed by atoms with E-state index in [-0.39, 0.29) is 5.91 Å². The Hall–Kier alpha value is -2.30. The van der Waals surface area contributed by atoms with Crippen LogP contribution < -0.4 is 0 Å². The number of carboxylic acids is 1. The van der Waals surface area contributed by atoms with Gasteiger partial charge >= 0.3 is 5.97 Å². The van der Waals surface area contributed by atoms with Crippen LogP contribution >= 0.6 is 0 Å². The summed E-state index contributed by atoms with van der Waals surface area (Å²) in [5.74, 6) is -1.28. The van der Waals surface area contributed by atoms with E-state index >= 15 is 0 Å². The molecule has 1 N–H and O–H groups in total. The van der Waals surface area contributed by atoms with Gasteiger partial charge in [0.2, 0.25) is 0 Å². The zero-order valence-electron chi connectivity index (χ0n) is 12.5. The first kappa shape index (κ1) is 15.1. The first-order chi connectivity index (χ1) is 9.97. The summed E-state index contributed by atoms with van der Waals surface area (Å²) in [4.78, 5) is 24.9. The van der Waals surface area contributed by atoms with Crippen molar-refractivity contribution in [2.75, 3.05) is 7.05 Å². The number of aromatic nitrogens is 1. The monoisotopic (exact) mass is 288 g/mol. The van der Waals surface area contributed by atoms with Crippen molar-refractivity contribution < 1.29 is 14.7 Å². The highest BCUT2D eigenvalue weighted by atomic mass is 16.4. The van der Waals surface area contributed by atoms with Crippen LogP contribution in [-0.2, 0) is 11.3 Å². The molecule has 1 amide bonds. The maximum atomic E-state index is 12.6. The number of amides is 1. The van der Waals surface area contributed by atoms with Crippen molar-refractivity contribution in [3.8, 4) is 0 Å². The molecule has 0 aliphatic carbocycles. The number of fused-ring (bicyclic) bond motifs is 1. The molecule has 0 bridgehead atoms. The van der Waals surface area contributed by atoms with Crippen LogP contribution in [0.1, 0.15) is 30.8 Å². The van der Waals surface area contributed by atoms with Crippen LogP contribution in [0.3, 0.4) is 0 Å². The maximum absolute atomic E-state index is 12.6. The number of nitrogens with zero attached hydrogens (tertiary/aromatic N) is 2. The number of rotatable bonds is 5. The Bertz CT molecular complexity index is 675. The van der Waals surface area contributed by atoms with Gasteiger partial charge in [0, 0.05) is 24.5 Å². The van der Waals surface area contributed by atoms with Crippen molar-refractivity contribution in [2.45, 2.75) is 32.9 Å². The summed E-state index contributed by atoms with van der Waals surface area (Å²) in [5.41, 5.74) is 1.53. The number of aryl methyl sites for hydroxylation is 1. The third-order valence-corrected chi connectivity index (χ3v) is 3.74. The Labute approximate surface area is 123 Å². The molecule has 112 valence electrons. The van der Waals surface area contributed by atoms with Crippen LogP contribution in [0, 0.1) is 0 Å². The average Bonchev–Trinajstić information content (AvgIpc) is 2.84. The summed E-state index contributed by atoms with van der Waals surface area (Å²) in [6.07, 6.45) is 0.900. The fourth-order valence-electron chi connectivity index (χ4n) is 2.37. The molecule has 5 heteroatoms. The predicted molar refractivity (Wildman–Crippen MR) is 81.4 cm³/mol. The van der Waals surface area contributed by atoms with Crippen LogP contribution in [0.5, 0.6) is 0 Å². The average molecular weight is 288 g/mol. The lowest BCUT2D eigenvalue weighted by molar-refractivity contribution is -0.141. The molecule has 1 aromatic heterocycles. The summed E-state index contributed by atoms with van der Waals surface area (Å²) in [7, 11) is 1.52. The van der Waals surface area contributed by atoms with Crippen LogP contribution in [0.4, 0.5) is 0 Å². The number of aliphatic carboxylic acids is 1. The first-order valence-electron chi connectivity index (χ1n) is 7.05. The topological polar surface area (TPSA) is 62.5 Å². The van der Waals surface area contributed by atoms with Gasteiger partial charge in [0.25, 0.3) is 5.91 Å². The number of carbonyl (C=O) groups excluding carboxylic acids is 1. The summed E-state index contributed by atoms with van der Waals surface area (Å²) < 4.78 is 1.96. The Morgan fingerprint density at radius 1 is 1.33 bits per heavy atom. The predicted octanol–water partition coefficient (Wildman–Crippen LogP) is 2.60. The molecule has 0 unspecified atom stereocenters. The quantitative estimate of drug-likeness (QED) is 0.920. The van der Waals surface area contributed by atoms with Gasteiger partial charge in [0.15, 0.2) is 0 Å². The molecule has 1 aromatic carbocycles. The number of carbonyl (C=O) groups is 2. The minimum atomic E-state index is -1.01. The van der Waals surface area contributed by atoms with Gasteiger partial charge in [0.05, 0.1) is 0 Å². The minimum absolute atomic E-state index is 0.269. The lowest BCUT2D eigenvalue weighted by Gasteiger charge is -2.22. The van der Waals surface area contributed by atoms with E-state index in [1.165, 1.54) is 18.9 Å². The number of carboxylic acid groups (broad SMARTS) is 1. The van der Waals surface area contributed by atoms with Gasteiger partial charge in [-0.15, -0.1) is 0 Å². The maximum Gasteiger partial charge on any atom is 0.326 e. The highest BCUT2D eigenvalue weighted by Crippen LogP contribution is 2.21. The second kappa shape index (κ2) is 5.99. The van der Waals surface area contributed by atoms with Crippen LogP contribution in [0.25, 0.3) is 10.9 Å². The molecule has 1 heterocycles. The molecular formula is C16H20N2O3. The minimum Gasteiger partial charge on any atom is -0.480 e. The van der Waals surface area contributed by atoms with E-state index in [1.54, 1.807) is 0 Å². The summed E-state index contributed by atoms with van der Waals surface area (Å²) in [6, 6.07) is 8.77.